The molecule has 72 heavy (non-hydrogen) atoms. The highest BCUT2D eigenvalue weighted by atomic mass is 35.5. The Balaban J connectivity index is 1.13. The molecule has 0 spiro atoms. The number of halogens is 1. The molecule has 0 amide bonds. The van der Waals surface area contributed by atoms with Crippen molar-refractivity contribution in [2.75, 3.05) is 9.80 Å². The number of fused-ring (bicyclic) bond motifs is 10. The van der Waals surface area contributed by atoms with Crippen LogP contribution in [0.4, 0.5) is 34.1 Å². The van der Waals surface area contributed by atoms with Crippen molar-refractivity contribution in [1.82, 2.24) is 0 Å². The molecule has 2 aliphatic rings. The first-order valence-corrected chi connectivity index (χ1v) is 24.8. The maximum atomic E-state index is 7.75. The molecule has 11 aromatic carbocycles. The van der Waals surface area contributed by atoms with Gasteiger partial charge in [0.15, 0.2) is 0 Å². The highest BCUT2D eigenvalue weighted by Crippen LogP contribution is 2.54. The number of hydrogen-bond donors (Lipinski definition) is 0. The van der Waals surface area contributed by atoms with Crippen LogP contribution in [0.2, 0.25) is 5.02 Å². The van der Waals surface area contributed by atoms with Crippen LogP contribution in [0.1, 0.15) is 0 Å². The standard InChI is InChI=1S/C66H40BClN2O2/c68-45-35-58-64-59(36-45)70(66-48(43-23-9-3-10-24-43)31-18-32-49(66)44-25-11-4-12-26-44)57-38-53-51-28-14-16-34-61(51)72-63(53)40-55(57)67(64)54-39-62-52(50-27-13-15-33-60(50)71-62)37-56(54)69(58)65-46(41-19-5-1-6-20-41)29-17-30-47(65)42-21-7-2-8-22-42/h1-40H. The predicted octanol–water partition coefficient (Wildman–Crippen LogP) is 16.9. The van der Waals surface area contributed by atoms with Crippen molar-refractivity contribution >= 4 is 113 Å². The Labute approximate surface area is 421 Å². The second-order valence-electron chi connectivity index (χ2n) is 18.8. The molecule has 0 bridgehead atoms. The van der Waals surface area contributed by atoms with Crippen LogP contribution in [0.25, 0.3) is 88.4 Å². The lowest BCUT2D eigenvalue weighted by atomic mass is 9.33. The van der Waals surface area contributed by atoms with Gasteiger partial charge >= 0.3 is 0 Å². The van der Waals surface area contributed by atoms with E-state index < -0.39 is 0 Å². The van der Waals surface area contributed by atoms with E-state index in [1.54, 1.807) is 0 Å². The van der Waals surface area contributed by atoms with Crippen LogP contribution in [0.3, 0.4) is 0 Å². The number of nitrogens with zero attached hydrogens (tertiary/aromatic N) is 2. The molecule has 4 heterocycles. The van der Waals surface area contributed by atoms with E-state index >= 15 is 0 Å². The Hall–Kier alpha value is -9.03. The summed E-state index contributed by atoms with van der Waals surface area (Å²) in [6.45, 7) is -0.270. The fraction of sp³-hybridized carbons (Fsp3) is 0. The Bertz CT molecular complexity index is 3910. The topological polar surface area (TPSA) is 32.8 Å². The first-order chi connectivity index (χ1) is 35.6. The number of para-hydroxylation sites is 4. The molecule has 4 nitrogen and oxygen atoms in total. The minimum absolute atomic E-state index is 0.270. The van der Waals surface area contributed by atoms with Crippen LogP contribution < -0.4 is 26.2 Å². The van der Waals surface area contributed by atoms with Gasteiger partial charge in [-0.15, -0.1) is 0 Å². The molecule has 2 aromatic heterocycles. The van der Waals surface area contributed by atoms with Gasteiger partial charge < -0.3 is 18.6 Å². The van der Waals surface area contributed by atoms with Crippen molar-refractivity contribution < 1.29 is 8.83 Å². The number of rotatable bonds is 6. The van der Waals surface area contributed by atoms with Gasteiger partial charge in [0.1, 0.15) is 22.3 Å². The number of furan rings is 2. The molecule has 336 valence electrons. The zero-order chi connectivity index (χ0) is 47.4. The Morgan fingerprint density at radius 2 is 0.653 bits per heavy atom. The summed E-state index contributed by atoms with van der Waals surface area (Å²) in [5.41, 5.74) is 21.8. The maximum Gasteiger partial charge on any atom is 0.252 e. The number of benzene rings is 11. The van der Waals surface area contributed by atoms with Crippen LogP contribution in [-0.2, 0) is 0 Å². The quantitative estimate of drug-likeness (QED) is 0.156. The van der Waals surface area contributed by atoms with Crippen molar-refractivity contribution in [1.29, 1.82) is 0 Å². The van der Waals surface area contributed by atoms with Crippen molar-refractivity contribution in [2.45, 2.75) is 0 Å². The summed E-state index contributed by atoms with van der Waals surface area (Å²) < 4.78 is 13.7. The molecule has 0 radical (unpaired) electrons. The van der Waals surface area contributed by atoms with E-state index in [9.17, 15) is 0 Å². The van der Waals surface area contributed by atoms with Gasteiger partial charge in [0, 0.05) is 71.6 Å². The lowest BCUT2D eigenvalue weighted by molar-refractivity contribution is 0.669. The summed E-state index contributed by atoms with van der Waals surface area (Å²) in [6.07, 6.45) is 0. The third-order valence-electron chi connectivity index (χ3n) is 14.9. The molecule has 2 aliphatic heterocycles. The molecule has 15 rings (SSSR count). The van der Waals surface area contributed by atoms with Crippen LogP contribution in [0.5, 0.6) is 0 Å². The van der Waals surface area contributed by atoms with Crippen LogP contribution in [0.15, 0.2) is 251 Å². The predicted molar refractivity (Wildman–Crippen MR) is 302 cm³/mol. The fourth-order valence-electron chi connectivity index (χ4n) is 11.8. The van der Waals surface area contributed by atoms with Crippen molar-refractivity contribution in [3.05, 3.63) is 248 Å². The summed E-state index contributed by atoms with van der Waals surface area (Å²) in [7, 11) is 0. The van der Waals surface area contributed by atoms with E-state index in [-0.39, 0.29) is 6.71 Å². The fourth-order valence-corrected chi connectivity index (χ4v) is 12.1. The van der Waals surface area contributed by atoms with Gasteiger partial charge in [0.25, 0.3) is 6.71 Å². The minimum atomic E-state index is -0.270. The normalized spacial score (nSPS) is 12.7. The number of hydrogen-bond acceptors (Lipinski definition) is 4. The zero-order valence-electron chi connectivity index (χ0n) is 38.8. The van der Waals surface area contributed by atoms with Crippen LogP contribution >= 0.6 is 11.6 Å². The van der Waals surface area contributed by atoms with Gasteiger partial charge in [0.2, 0.25) is 0 Å². The van der Waals surface area contributed by atoms with E-state index in [1.165, 1.54) is 0 Å². The molecule has 0 atom stereocenters. The third kappa shape index (κ3) is 6.14. The van der Waals surface area contributed by atoms with Crippen LogP contribution in [0, 0.1) is 0 Å². The largest absolute Gasteiger partial charge is 0.456 e. The lowest BCUT2D eigenvalue weighted by Gasteiger charge is -2.45. The smallest absolute Gasteiger partial charge is 0.252 e. The molecule has 13 aromatic rings. The van der Waals surface area contributed by atoms with E-state index in [4.69, 9.17) is 20.4 Å². The summed E-state index contributed by atoms with van der Waals surface area (Å²) in [6, 6.07) is 86.9. The Morgan fingerprint density at radius 1 is 0.306 bits per heavy atom. The van der Waals surface area contributed by atoms with E-state index in [1.807, 2.05) is 12.1 Å². The van der Waals surface area contributed by atoms with E-state index in [0.717, 1.165) is 139 Å². The zero-order valence-corrected chi connectivity index (χ0v) is 39.5. The molecule has 0 saturated carbocycles. The lowest BCUT2D eigenvalue weighted by Crippen LogP contribution is -2.61. The van der Waals surface area contributed by atoms with E-state index in [2.05, 4.69) is 240 Å². The molecule has 0 saturated heterocycles. The summed E-state index contributed by atoms with van der Waals surface area (Å²) in [4.78, 5) is 5.01. The SMILES string of the molecule is Clc1cc2c3c(c1)N(c1c(-c4ccccc4)cccc1-c1ccccc1)c1cc4c(cc1B3c1cc3oc5ccccc5c3cc1N2c1c(-c2ccccc2)cccc1-c1ccccc1)oc1ccccc14. The van der Waals surface area contributed by atoms with Crippen molar-refractivity contribution in [3.8, 4) is 44.5 Å². The molecular formula is C66H40BClN2O2. The molecule has 0 aliphatic carbocycles. The first kappa shape index (κ1) is 40.8. The highest BCUT2D eigenvalue weighted by molar-refractivity contribution is 7.00. The highest BCUT2D eigenvalue weighted by Gasteiger charge is 2.46. The summed E-state index contributed by atoms with van der Waals surface area (Å²) in [5, 5.41) is 4.86. The maximum absolute atomic E-state index is 7.75. The van der Waals surface area contributed by atoms with Crippen LogP contribution in [-0.4, -0.2) is 6.71 Å². The second kappa shape index (κ2) is 16.0. The molecule has 6 heteroatoms. The van der Waals surface area contributed by atoms with Crippen molar-refractivity contribution in [3.63, 3.8) is 0 Å². The molecule has 0 unspecified atom stereocenters. The van der Waals surface area contributed by atoms with Gasteiger partial charge in [-0.05, 0) is 87.2 Å². The molecular weight excluding hydrogens is 899 g/mol. The third-order valence-corrected chi connectivity index (χ3v) is 15.1. The average molecular weight is 939 g/mol. The van der Waals surface area contributed by atoms with Gasteiger partial charge in [0.05, 0.1) is 11.4 Å². The van der Waals surface area contributed by atoms with Gasteiger partial charge in [-0.1, -0.05) is 206 Å². The van der Waals surface area contributed by atoms with Gasteiger partial charge in [-0.25, -0.2) is 0 Å². The van der Waals surface area contributed by atoms with Gasteiger partial charge in [-0.3, -0.25) is 0 Å². The molecule has 0 N–H and O–H groups in total. The second-order valence-corrected chi connectivity index (χ2v) is 19.3. The summed E-state index contributed by atoms with van der Waals surface area (Å²) >= 11 is 7.75. The summed E-state index contributed by atoms with van der Waals surface area (Å²) in [5.74, 6) is 0. The molecule has 0 fully saturated rings. The average Bonchev–Trinajstić information content (AvgIpc) is 4.00. The van der Waals surface area contributed by atoms with Crippen molar-refractivity contribution in [2.24, 2.45) is 0 Å². The first-order valence-electron chi connectivity index (χ1n) is 24.5. The number of anilines is 6. The van der Waals surface area contributed by atoms with Gasteiger partial charge in [-0.2, -0.15) is 0 Å². The monoisotopic (exact) mass is 938 g/mol. The Kier molecular flexibility index (Phi) is 9.08. The van der Waals surface area contributed by atoms with E-state index in [0.29, 0.717) is 5.02 Å². The minimum Gasteiger partial charge on any atom is -0.456 e. The Morgan fingerprint density at radius 3 is 1.03 bits per heavy atom.